The first-order chi connectivity index (χ1) is 10.6. The van der Waals surface area contributed by atoms with Crippen LogP contribution < -0.4 is 19.9 Å². The van der Waals surface area contributed by atoms with Gasteiger partial charge in [0, 0.05) is 0 Å². The van der Waals surface area contributed by atoms with Crippen molar-refractivity contribution in [3.8, 4) is 17.2 Å². The number of anilines is 1. The van der Waals surface area contributed by atoms with E-state index in [9.17, 15) is 0 Å². The van der Waals surface area contributed by atoms with Gasteiger partial charge in [0.25, 0.3) is 0 Å². The Morgan fingerprint density at radius 3 is 2.14 bits per heavy atom. The molecule has 0 aliphatic rings. The summed E-state index contributed by atoms with van der Waals surface area (Å²) in [6.45, 7) is 1.81. The van der Waals surface area contributed by atoms with E-state index in [1.54, 1.807) is 27.4 Å². The third-order valence-corrected chi connectivity index (χ3v) is 3.03. The van der Waals surface area contributed by atoms with Gasteiger partial charge in [-0.15, -0.1) is 10.2 Å². The molecule has 0 unspecified atom stereocenters. The smallest absolute Gasteiger partial charge is 0.240 e. The van der Waals surface area contributed by atoms with Gasteiger partial charge in [-0.25, -0.2) is 4.98 Å². The third-order valence-electron chi connectivity index (χ3n) is 3.03. The van der Waals surface area contributed by atoms with E-state index in [2.05, 4.69) is 15.2 Å². The second-order valence-corrected chi connectivity index (χ2v) is 4.43. The average Bonchev–Trinajstić information content (AvgIpc) is 2.54. The lowest BCUT2D eigenvalue weighted by Gasteiger charge is -2.12. The van der Waals surface area contributed by atoms with E-state index < -0.39 is 0 Å². The number of hydrogen-bond acceptors (Lipinski definition) is 7. The molecule has 2 rings (SSSR count). The molecule has 1 aromatic carbocycles. The largest absolute Gasteiger partial charge is 0.493 e. The van der Waals surface area contributed by atoms with E-state index in [0.717, 1.165) is 5.56 Å². The van der Waals surface area contributed by atoms with E-state index in [1.807, 2.05) is 25.1 Å². The van der Waals surface area contributed by atoms with Crippen LogP contribution in [-0.4, -0.2) is 36.5 Å². The zero-order valence-corrected chi connectivity index (χ0v) is 13.0. The predicted molar refractivity (Wildman–Crippen MR) is 84.0 cm³/mol. The predicted octanol–water partition coefficient (Wildman–Crippen LogP) is 1.96. The van der Waals surface area contributed by atoms with Crippen molar-refractivity contribution in [1.29, 1.82) is 0 Å². The minimum atomic E-state index is 0.134. The first kappa shape index (κ1) is 15.6. The van der Waals surface area contributed by atoms with Gasteiger partial charge in [0.2, 0.25) is 11.7 Å². The Labute approximate surface area is 128 Å². The van der Waals surface area contributed by atoms with Gasteiger partial charge in [0.1, 0.15) is 0 Å². The number of nitrogens with zero attached hydrogens (tertiary/aromatic N) is 3. The van der Waals surface area contributed by atoms with Crippen LogP contribution in [0.2, 0.25) is 0 Å². The minimum absolute atomic E-state index is 0.134. The number of nitrogen functional groups attached to an aromatic ring is 1. The second-order valence-electron chi connectivity index (χ2n) is 4.43. The van der Waals surface area contributed by atoms with Crippen LogP contribution in [0.1, 0.15) is 17.0 Å². The molecule has 7 heteroatoms. The minimum Gasteiger partial charge on any atom is -0.493 e. The Balaban J connectivity index is 2.40. The lowest BCUT2D eigenvalue weighted by molar-refractivity contribution is 0.324. The van der Waals surface area contributed by atoms with Gasteiger partial charge in [-0.05, 0) is 30.7 Å². The summed E-state index contributed by atoms with van der Waals surface area (Å²) in [7, 11) is 4.71. The van der Waals surface area contributed by atoms with Gasteiger partial charge in [-0.1, -0.05) is 6.08 Å². The monoisotopic (exact) mass is 302 g/mol. The lowest BCUT2D eigenvalue weighted by Crippen LogP contribution is -2.01. The SMILES string of the molecule is COc1cc(C=Cc2nc(N)nnc2C)cc(OC)c1OC. The molecule has 0 saturated heterocycles. The summed E-state index contributed by atoms with van der Waals surface area (Å²) in [5, 5.41) is 7.63. The summed E-state index contributed by atoms with van der Waals surface area (Å²) in [6.07, 6.45) is 3.67. The number of nitrogens with two attached hydrogens (primary N) is 1. The second kappa shape index (κ2) is 6.75. The zero-order chi connectivity index (χ0) is 16.1. The molecular formula is C15H18N4O3. The van der Waals surface area contributed by atoms with E-state index in [1.165, 1.54) is 0 Å². The van der Waals surface area contributed by atoms with Gasteiger partial charge in [-0.3, -0.25) is 0 Å². The van der Waals surface area contributed by atoms with E-state index >= 15 is 0 Å². The zero-order valence-electron chi connectivity index (χ0n) is 13.0. The van der Waals surface area contributed by atoms with Crippen molar-refractivity contribution in [3.63, 3.8) is 0 Å². The number of aromatic nitrogens is 3. The summed E-state index contributed by atoms with van der Waals surface area (Å²) >= 11 is 0. The molecule has 22 heavy (non-hydrogen) atoms. The van der Waals surface area contributed by atoms with Crippen molar-refractivity contribution in [2.24, 2.45) is 0 Å². The van der Waals surface area contributed by atoms with E-state index in [0.29, 0.717) is 28.6 Å². The number of methoxy groups -OCH3 is 3. The van der Waals surface area contributed by atoms with Crippen LogP contribution in [-0.2, 0) is 0 Å². The van der Waals surface area contributed by atoms with Gasteiger partial charge < -0.3 is 19.9 Å². The Hall–Kier alpha value is -2.83. The van der Waals surface area contributed by atoms with Gasteiger partial charge in [0.15, 0.2) is 11.5 Å². The van der Waals surface area contributed by atoms with Gasteiger partial charge in [0.05, 0.1) is 32.7 Å². The Bertz CT molecular complexity index is 676. The topological polar surface area (TPSA) is 92.4 Å². The van der Waals surface area contributed by atoms with Crippen molar-refractivity contribution < 1.29 is 14.2 Å². The number of benzene rings is 1. The summed E-state index contributed by atoms with van der Waals surface area (Å²) in [5.74, 6) is 1.85. The molecule has 2 aromatic rings. The van der Waals surface area contributed by atoms with Crippen molar-refractivity contribution in [2.75, 3.05) is 27.1 Å². The summed E-state index contributed by atoms with van der Waals surface area (Å²) in [6, 6.07) is 3.68. The standard InChI is InChI=1S/C15H18N4O3/c1-9-11(17-15(16)19-18-9)6-5-10-7-12(20-2)14(22-4)13(8-10)21-3/h5-8H,1-4H3,(H2,16,17,19). The van der Waals surface area contributed by atoms with Crippen LogP contribution in [0.5, 0.6) is 17.2 Å². The molecule has 0 spiro atoms. The van der Waals surface area contributed by atoms with Crippen molar-refractivity contribution in [2.45, 2.75) is 6.92 Å². The molecule has 0 fully saturated rings. The quantitative estimate of drug-likeness (QED) is 0.902. The summed E-state index contributed by atoms with van der Waals surface area (Å²) in [5.41, 5.74) is 7.76. The molecule has 0 amide bonds. The van der Waals surface area contributed by atoms with Crippen LogP contribution in [0.4, 0.5) is 5.95 Å². The molecule has 0 atom stereocenters. The van der Waals surface area contributed by atoms with Gasteiger partial charge in [-0.2, -0.15) is 0 Å². The molecule has 0 bridgehead atoms. The molecule has 1 aromatic heterocycles. The normalized spacial score (nSPS) is 10.7. The summed E-state index contributed by atoms with van der Waals surface area (Å²) < 4.78 is 15.9. The van der Waals surface area contributed by atoms with Crippen LogP contribution in [0.25, 0.3) is 12.2 Å². The molecule has 1 heterocycles. The summed E-state index contributed by atoms with van der Waals surface area (Å²) in [4.78, 5) is 4.14. The Morgan fingerprint density at radius 2 is 1.59 bits per heavy atom. The maximum atomic E-state index is 5.55. The number of rotatable bonds is 5. The van der Waals surface area contributed by atoms with Gasteiger partial charge >= 0.3 is 0 Å². The highest BCUT2D eigenvalue weighted by Gasteiger charge is 2.12. The Morgan fingerprint density at radius 1 is 0.955 bits per heavy atom. The van der Waals surface area contributed by atoms with Crippen molar-refractivity contribution in [3.05, 3.63) is 29.1 Å². The highest BCUT2D eigenvalue weighted by atomic mass is 16.5. The number of ether oxygens (including phenoxy) is 3. The molecule has 0 aliphatic heterocycles. The fourth-order valence-electron chi connectivity index (χ4n) is 1.93. The maximum absolute atomic E-state index is 5.55. The maximum Gasteiger partial charge on any atom is 0.240 e. The van der Waals surface area contributed by atoms with E-state index in [-0.39, 0.29) is 5.95 Å². The number of aryl methyl sites for hydroxylation is 1. The molecular weight excluding hydrogens is 284 g/mol. The van der Waals surface area contributed by atoms with Crippen LogP contribution in [0.15, 0.2) is 12.1 Å². The fourth-order valence-corrected chi connectivity index (χ4v) is 1.93. The molecule has 0 aliphatic carbocycles. The first-order valence-electron chi connectivity index (χ1n) is 6.54. The first-order valence-corrected chi connectivity index (χ1v) is 6.54. The van der Waals surface area contributed by atoms with E-state index in [4.69, 9.17) is 19.9 Å². The fraction of sp³-hybridized carbons (Fsp3) is 0.267. The number of hydrogen-bond donors (Lipinski definition) is 1. The van der Waals surface area contributed by atoms with Crippen LogP contribution >= 0.6 is 0 Å². The molecule has 7 nitrogen and oxygen atoms in total. The molecule has 2 N–H and O–H groups in total. The highest BCUT2D eigenvalue weighted by molar-refractivity contribution is 5.72. The highest BCUT2D eigenvalue weighted by Crippen LogP contribution is 2.38. The third kappa shape index (κ3) is 3.25. The Kier molecular flexibility index (Phi) is 4.77. The molecule has 0 radical (unpaired) electrons. The van der Waals surface area contributed by atoms with Crippen molar-refractivity contribution >= 4 is 18.1 Å². The van der Waals surface area contributed by atoms with Crippen molar-refractivity contribution in [1.82, 2.24) is 15.2 Å². The van der Waals surface area contributed by atoms with Crippen LogP contribution in [0.3, 0.4) is 0 Å². The lowest BCUT2D eigenvalue weighted by atomic mass is 10.1. The molecule has 0 saturated carbocycles. The van der Waals surface area contributed by atoms with Crippen LogP contribution in [0, 0.1) is 6.92 Å². The molecule has 116 valence electrons. The average molecular weight is 302 g/mol.